The number of thiocarbonyl (C=S) groups is 1. The molecule has 7 heteroatoms. The number of carbonyl (C=O) groups excluding carboxylic acids is 1. The van der Waals surface area contributed by atoms with Crippen molar-refractivity contribution in [2.45, 2.75) is 0 Å². The van der Waals surface area contributed by atoms with Gasteiger partial charge in [0.25, 0.3) is 5.91 Å². The zero-order valence-corrected chi connectivity index (χ0v) is 17.1. The van der Waals surface area contributed by atoms with Crippen molar-refractivity contribution in [3.8, 4) is 11.5 Å². The number of fused-ring (bicyclic) bond motifs is 1. The Kier molecular flexibility index (Phi) is 5.93. The third-order valence-electron chi connectivity index (χ3n) is 3.94. The summed E-state index contributed by atoms with van der Waals surface area (Å²) in [7, 11) is 3.11. The minimum atomic E-state index is -0.362. The molecule has 0 aliphatic rings. The summed E-state index contributed by atoms with van der Waals surface area (Å²) in [6.45, 7) is 0. The summed E-state index contributed by atoms with van der Waals surface area (Å²) in [4.78, 5) is 12.8. The van der Waals surface area contributed by atoms with Crippen molar-refractivity contribution in [1.29, 1.82) is 0 Å². The fraction of sp³-hybridized carbons (Fsp3) is 0.100. The topological polar surface area (TPSA) is 59.6 Å². The molecule has 0 atom stereocenters. The average Bonchev–Trinajstić information content (AvgIpc) is 2.68. The van der Waals surface area contributed by atoms with Crippen LogP contribution in [-0.4, -0.2) is 25.2 Å². The minimum absolute atomic E-state index is 0.180. The van der Waals surface area contributed by atoms with Crippen LogP contribution in [0.1, 0.15) is 10.4 Å². The van der Waals surface area contributed by atoms with Crippen molar-refractivity contribution in [3.63, 3.8) is 0 Å². The van der Waals surface area contributed by atoms with Gasteiger partial charge in [0, 0.05) is 11.8 Å². The van der Waals surface area contributed by atoms with Gasteiger partial charge in [-0.1, -0.05) is 30.3 Å². The molecule has 3 aromatic carbocycles. The molecule has 1 amide bonds. The van der Waals surface area contributed by atoms with Crippen molar-refractivity contribution < 1.29 is 14.3 Å². The molecule has 27 heavy (non-hydrogen) atoms. The quantitative estimate of drug-likeness (QED) is 0.568. The van der Waals surface area contributed by atoms with Gasteiger partial charge in [-0.3, -0.25) is 10.1 Å². The second-order valence-electron chi connectivity index (χ2n) is 5.63. The molecular weight excluding hydrogens is 428 g/mol. The minimum Gasteiger partial charge on any atom is -0.497 e. The van der Waals surface area contributed by atoms with Gasteiger partial charge < -0.3 is 14.8 Å². The number of hydrogen-bond acceptors (Lipinski definition) is 4. The smallest absolute Gasteiger partial charge is 0.261 e. The second kappa shape index (κ2) is 8.37. The van der Waals surface area contributed by atoms with E-state index in [1.54, 1.807) is 19.2 Å². The Labute approximate surface area is 170 Å². The van der Waals surface area contributed by atoms with Crippen LogP contribution in [0.25, 0.3) is 10.8 Å². The fourth-order valence-electron chi connectivity index (χ4n) is 2.69. The van der Waals surface area contributed by atoms with Crippen LogP contribution in [0.3, 0.4) is 0 Å². The first-order valence-corrected chi connectivity index (χ1v) is 9.25. The molecule has 0 bridgehead atoms. The van der Waals surface area contributed by atoms with Gasteiger partial charge in [-0.15, -0.1) is 0 Å². The van der Waals surface area contributed by atoms with Crippen molar-refractivity contribution in [2.75, 3.05) is 19.5 Å². The lowest BCUT2D eigenvalue weighted by Crippen LogP contribution is -2.34. The number of anilines is 1. The highest BCUT2D eigenvalue weighted by Gasteiger charge is 2.19. The molecule has 138 valence electrons. The van der Waals surface area contributed by atoms with Crippen molar-refractivity contribution >= 4 is 55.6 Å². The highest BCUT2D eigenvalue weighted by Crippen LogP contribution is 2.36. The van der Waals surface area contributed by atoms with Crippen LogP contribution in [0.4, 0.5) is 5.69 Å². The Morgan fingerprint density at radius 2 is 1.81 bits per heavy atom. The van der Waals surface area contributed by atoms with E-state index in [0.717, 1.165) is 15.2 Å². The third kappa shape index (κ3) is 4.20. The van der Waals surface area contributed by atoms with E-state index < -0.39 is 0 Å². The molecular formula is C20H17BrN2O3S. The number of hydrogen-bond donors (Lipinski definition) is 2. The van der Waals surface area contributed by atoms with Crippen LogP contribution in [0.2, 0.25) is 0 Å². The zero-order valence-electron chi connectivity index (χ0n) is 14.7. The lowest BCUT2D eigenvalue weighted by molar-refractivity contribution is 0.0975. The van der Waals surface area contributed by atoms with E-state index in [4.69, 9.17) is 21.7 Å². The maximum atomic E-state index is 12.8. The molecule has 0 aliphatic heterocycles. The fourth-order valence-corrected chi connectivity index (χ4v) is 3.63. The largest absolute Gasteiger partial charge is 0.497 e. The van der Waals surface area contributed by atoms with Gasteiger partial charge in [0.1, 0.15) is 11.5 Å². The first-order chi connectivity index (χ1) is 13.0. The lowest BCUT2D eigenvalue weighted by atomic mass is 10.1. The van der Waals surface area contributed by atoms with E-state index in [9.17, 15) is 4.79 Å². The van der Waals surface area contributed by atoms with Gasteiger partial charge in [-0.05, 0) is 57.1 Å². The Balaban J connectivity index is 1.84. The number of carbonyl (C=O) groups is 1. The van der Waals surface area contributed by atoms with E-state index in [1.807, 2.05) is 42.5 Å². The monoisotopic (exact) mass is 444 g/mol. The first-order valence-electron chi connectivity index (χ1n) is 8.05. The van der Waals surface area contributed by atoms with Crippen LogP contribution < -0.4 is 20.1 Å². The Morgan fingerprint density at radius 1 is 1.04 bits per heavy atom. The summed E-state index contributed by atoms with van der Waals surface area (Å²) in [5.74, 6) is 0.781. The van der Waals surface area contributed by atoms with E-state index in [-0.39, 0.29) is 11.0 Å². The molecule has 0 saturated heterocycles. The van der Waals surface area contributed by atoms with Crippen LogP contribution >= 0.6 is 28.1 Å². The zero-order chi connectivity index (χ0) is 19.4. The maximum absolute atomic E-state index is 12.8. The van der Waals surface area contributed by atoms with Gasteiger partial charge in [0.05, 0.1) is 24.3 Å². The normalized spacial score (nSPS) is 10.3. The lowest BCUT2D eigenvalue weighted by Gasteiger charge is -2.14. The molecule has 0 saturated carbocycles. The van der Waals surface area contributed by atoms with E-state index in [1.165, 1.54) is 7.11 Å². The maximum Gasteiger partial charge on any atom is 0.261 e. The van der Waals surface area contributed by atoms with Crippen molar-refractivity contribution in [1.82, 2.24) is 5.32 Å². The predicted molar refractivity (Wildman–Crippen MR) is 115 cm³/mol. The van der Waals surface area contributed by atoms with E-state index >= 15 is 0 Å². The summed E-state index contributed by atoms with van der Waals surface area (Å²) >= 11 is 8.79. The second-order valence-corrected chi connectivity index (χ2v) is 6.83. The summed E-state index contributed by atoms with van der Waals surface area (Å²) in [5, 5.41) is 7.72. The van der Waals surface area contributed by atoms with Crippen molar-refractivity contribution in [3.05, 3.63) is 64.6 Å². The van der Waals surface area contributed by atoms with Crippen LogP contribution in [0, 0.1) is 0 Å². The molecule has 0 aromatic heterocycles. The molecule has 3 aromatic rings. The molecule has 0 radical (unpaired) electrons. The average molecular weight is 445 g/mol. The highest BCUT2D eigenvalue weighted by atomic mass is 79.9. The van der Waals surface area contributed by atoms with Gasteiger partial charge in [-0.25, -0.2) is 0 Å². The molecule has 0 fully saturated rings. The number of ether oxygens (including phenoxy) is 2. The van der Waals surface area contributed by atoms with Crippen LogP contribution in [0.15, 0.2) is 59.1 Å². The molecule has 0 aliphatic carbocycles. The van der Waals surface area contributed by atoms with Gasteiger partial charge in [-0.2, -0.15) is 0 Å². The van der Waals surface area contributed by atoms with Crippen LogP contribution in [-0.2, 0) is 0 Å². The molecule has 0 unspecified atom stereocenters. The Morgan fingerprint density at radius 3 is 2.56 bits per heavy atom. The number of rotatable bonds is 4. The summed E-state index contributed by atoms with van der Waals surface area (Å²) < 4.78 is 11.3. The number of halogens is 1. The van der Waals surface area contributed by atoms with E-state index in [0.29, 0.717) is 22.7 Å². The molecule has 0 spiro atoms. The van der Waals surface area contributed by atoms with Gasteiger partial charge in [0.15, 0.2) is 5.11 Å². The summed E-state index contributed by atoms with van der Waals surface area (Å²) in [5.41, 5.74) is 1.10. The SMILES string of the molecule is COc1cccc(NC(=S)NC(=O)c2cc3ccccc3c(Br)c2OC)c1. The highest BCUT2D eigenvalue weighted by molar-refractivity contribution is 9.10. The number of methoxy groups -OCH3 is 2. The number of benzene rings is 3. The number of nitrogens with one attached hydrogen (secondary N) is 2. The van der Waals surface area contributed by atoms with Crippen LogP contribution in [0.5, 0.6) is 11.5 Å². The summed E-state index contributed by atoms with van der Waals surface area (Å²) in [6, 6.07) is 16.8. The summed E-state index contributed by atoms with van der Waals surface area (Å²) in [6.07, 6.45) is 0. The standard InChI is InChI=1S/C20H17BrN2O3S/c1-25-14-8-5-7-13(11-14)22-20(27)23-19(24)16-10-12-6-3-4-9-15(12)17(21)18(16)26-2/h3-11H,1-2H3,(H2,22,23,24,27). The first kappa shape index (κ1) is 19.1. The Bertz CT molecular complexity index is 1020. The molecule has 0 heterocycles. The third-order valence-corrected chi connectivity index (χ3v) is 4.94. The number of amides is 1. The molecule has 3 rings (SSSR count). The van der Waals surface area contributed by atoms with Gasteiger partial charge >= 0.3 is 0 Å². The van der Waals surface area contributed by atoms with Gasteiger partial charge in [0.2, 0.25) is 0 Å². The molecule has 5 nitrogen and oxygen atoms in total. The van der Waals surface area contributed by atoms with E-state index in [2.05, 4.69) is 26.6 Å². The predicted octanol–water partition coefficient (Wildman–Crippen LogP) is 4.75. The Hall–Kier alpha value is -2.64. The molecule has 2 N–H and O–H groups in total. The van der Waals surface area contributed by atoms with Crippen molar-refractivity contribution in [2.24, 2.45) is 0 Å².